The second kappa shape index (κ2) is 5.69. The maximum Gasteiger partial charge on any atom is 0.451 e. The summed E-state index contributed by atoms with van der Waals surface area (Å²) in [4.78, 5) is 6.80. The molecule has 0 aliphatic rings. The lowest BCUT2D eigenvalue weighted by atomic mass is 10.4. The minimum atomic E-state index is -4.89. The van der Waals surface area contributed by atoms with Crippen LogP contribution in [0.25, 0.3) is 0 Å². The number of nitrogens with one attached hydrogen (secondary N) is 1. The van der Waals surface area contributed by atoms with Crippen molar-refractivity contribution in [1.82, 2.24) is 9.97 Å². The zero-order valence-corrected chi connectivity index (χ0v) is 10.2. The minimum absolute atomic E-state index is 0.183. The molecule has 0 aliphatic carbocycles. The van der Waals surface area contributed by atoms with Gasteiger partial charge in [0.25, 0.3) is 0 Å². The molecule has 0 aliphatic heterocycles. The normalized spacial score (nSPS) is 12.4. The number of halogens is 6. The van der Waals surface area contributed by atoms with Gasteiger partial charge in [0.05, 0.1) is 0 Å². The summed E-state index contributed by atoms with van der Waals surface area (Å²) in [5.74, 6) is 2.44. The van der Waals surface area contributed by atoms with Crippen molar-refractivity contribution in [1.29, 1.82) is 0 Å². The molecule has 3 N–H and O–H groups in total. The lowest BCUT2D eigenvalue weighted by Crippen LogP contribution is -2.35. The van der Waals surface area contributed by atoms with Crippen LogP contribution in [0.5, 0.6) is 0 Å². The lowest BCUT2D eigenvalue weighted by Gasteiger charge is -2.24. The number of hydrogen-bond acceptors (Lipinski definition) is 5. The van der Waals surface area contributed by atoms with E-state index in [1.54, 1.807) is 0 Å². The molecule has 0 bridgehead atoms. The van der Waals surface area contributed by atoms with Crippen LogP contribution in [0.2, 0.25) is 0 Å². The molecule has 1 aromatic rings. The van der Waals surface area contributed by atoms with Gasteiger partial charge in [-0.15, -0.1) is 0 Å². The molecule has 1 rings (SSSR count). The first-order valence-electron chi connectivity index (χ1n) is 5.31. The summed E-state index contributed by atoms with van der Waals surface area (Å²) in [7, 11) is 0. The molecular weight excluding hydrogens is 292 g/mol. The summed E-state index contributed by atoms with van der Waals surface area (Å²) in [5, 5.41) is 0. The van der Waals surface area contributed by atoms with Crippen molar-refractivity contribution < 1.29 is 26.3 Å². The second-order valence-corrected chi connectivity index (χ2v) is 3.71. The Bertz CT molecular complexity index is 457. The number of aromatic nitrogens is 2. The van der Waals surface area contributed by atoms with Crippen molar-refractivity contribution in [3.63, 3.8) is 0 Å². The van der Waals surface area contributed by atoms with E-state index in [1.165, 1.54) is 6.92 Å². The van der Waals surface area contributed by atoms with Crippen molar-refractivity contribution in [3.8, 4) is 0 Å². The smallest absolute Gasteiger partial charge is 0.348 e. The molecule has 1 heterocycles. The van der Waals surface area contributed by atoms with Gasteiger partial charge in [0.15, 0.2) is 0 Å². The highest BCUT2D eigenvalue weighted by Crippen LogP contribution is 2.30. The second-order valence-electron chi connectivity index (χ2n) is 3.71. The number of nitrogens with two attached hydrogens (primary N) is 1. The molecule has 11 heteroatoms. The molecule has 0 spiro atoms. The molecule has 5 nitrogen and oxygen atoms in total. The largest absolute Gasteiger partial charge is 0.451 e. The fraction of sp³-hybridized carbons (Fsp3) is 0.556. The Hall–Kier alpha value is -1.78. The van der Waals surface area contributed by atoms with Crippen molar-refractivity contribution in [3.05, 3.63) is 11.9 Å². The van der Waals surface area contributed by atoms with E-state index in [4.69, 9.17) is 5.84 Å². The average molecular weight is 303 g/mol. The van der Waals surface area contributed by atoms with E-state index in [-0.39, 0.29) is 6.54 Å². The molecule has 0 saturated heterocycles. The SMILES string of the molecule is CCN(CC(F)(F)F)c1cc(NN)nc(C(F)(F)F)n1. The van der Waals surface area contributed by atoms with E-state index >= 15 is 0 Å². The third-order valence-electron chi connectivity index (χ3n) is 2.19. The monoisotopic (exact) mass is 303 g/mol. The van der Waals surface area contributed by atoms with Gasteiger partial charge in [-0.05, 0) is 6.92 Å². The molecule has 0 fully saturated rings. The summed E-state index contributed by atoms with van der Waals surface area (Å²) >= 11 is 0. The number of nitrogen functional groups attached to an aromatic ring is 1. The van der Waals surface area contributed by atoms with E-state index in [9.17, 15) is 26.3 Å². The Morgan fingerprint density at radius 1 is 1.20 bits per heavy atom. The molecule has 0 unspecified atom stereocenters. The van der Waals surface area contributed by atoms with Crippen molar-refractivity contribution in [2.45, 2.75) is 19.3 Å². The van der Waals surface area contributed by atoms with Crippen LogP contribution in [0.1, 0.15) is 12.7 Å². The predicted octanol–water partition coefficient (Wildman–Crippen LogP) is 2.17. The first-order chi connectivity index (χ1) is 9.06. The third kappa shape index (κ3) is 4.40. The van der Waals surface area contributed by atoms with Gasteiger partial charge in [0.2, 0.25) is 5.82 Å². The Kier molecular flexibility index (Phi) is 4.63. The summed E-state index contributed by atoms with van der Waals surface area (Å²) in [6.45, 7) is -0.254. The Morgan fingerprint density at radius 3 is 2.20 bits per heavy atom. The molecular formula is C9H11F6N5. The maximum absolute atomic E-state index is 12.6. The van der Waals surface area contributed by atoms with Gasteiger partial charge in [-0.2, -0.15) is 26.3 Å². The first kappa shape index (κ1) is 16.3. The maximum atomic E-state index is 12.6. The molecule has 0 atom stereocenters. The highest BCUT2D eigenvalue weighted by Gasteiger charge is 2.37. The number of anilines is 2. The first-order valence-corrected chi connectivity index (χ1v) is 5.31. The Labute approximate surface area is 109 Å². The van der Waals surface area contributed by atoms with Crippen molar-refractivity contribution >= 4 is 11.6 Å². The summed E-state index contributed by atoms with van der Waals surface area (Å²) in [6, 6.07) is 0.907. The van der Waals surface area contributed by atoms with Gasteiger partial charge in [-0.3, -0.25) is 0 Å². The predicted molar refractivity (Wildman–Crippen MR) is 58.8 cm³/mol. The quantitative estimate of drug-likeness (QED) is 0.507. The highest BCUT2D eigenvalue weighted by molar-refractivity contribution is 5.49. The van der Waals surface area contributed by atoms with E-state index in [1.807, 2.05) is 5.43 Å². The van der Waals surface area contributed by atoms with Crippen LogP contribution in [0.15, 0.2) is 6.07 Å². The molecule has 0 radical (unpaired) electrons. The van der Waals surface area contributed by atoms with Gasteiger partial charge >= 0.3 is 12.4 Å². The van der Waals surface area contributed by atoms with Crippen LogP contribution >= 0.6 is 0 Å². The summed E-state index contributed by atoms with van der Waals surface area (Å²) in [5.41, 5.74) is 1.86. The molecule has 1 aromatic heterocycles. The highest BCUT2D eigenvalue weighted by atomic mass is 19.4. The Morgan fingerprint density at radius 2 is 1.80 bits per heavy atom. The number of rotatable bonds is 4. The average Bonchev–Trinajstić information content (AvgIpc) is 2.33. The number of nitrogens with zero attached hydrogens (tertiary/aromatic N) is 3. The zero-order valence-electron chi connectivity index (χ0n) is 10.2. The topological polar surface area (TPSA) is 67.1 Å². The van der Waals surface area contributed by atoms with Crippen LogP contribution in [-0.2, 0) is 6.18 Å². The summed E-state index contributed by atoms with van der Waals surface area (Å²) < 4.78 is 74.7. The van der Waals surface area contributed by atoms with E-state index in [0.717, 1.165) is 6.07 Å². The summed E-state index contributed by atoms with van der Waals surface area (Å²) in [6.07, 6.45) is -9.46. The van der Waals surface area contributed by atoms with E-state index in [2.05, 4.69) is 9.97 Å². The van der Waals surface area contributed by atoms with Crippen LogP contribution in [-0.4, -0.2) is 29.2 Å². The molecule has 0 saturated carbocycles. The number of hydrogen-bond donors (Lipinski definition) is 2. The van der Waals surface area contributed by atoms with Gasteiger partial charge in [-0.25, -0.2) is 15.8 Å². The van der Waals surface area contributed by atoms with Crippen LogP contribution in [0.4, 0.5) is 38.0 Å². The molecule has 0 amide bonds. The van der Waals surface area contributed by atoms with E-state index < -0.39 is 36.4 Å². The standard InChI is InChI=1S/C9H11F6N5/c1-2-20(4-8(10,11)12)6-3-5(19-16)17-7(18-6)9(13,14)15/h3H,2,4,16H2,1H3,(H,17,18,19). The molecule has 114 valence electrons. The fourth-order valence-electron chi connectivity index (χ4n) is 1.37. The van der Waals surface area contributed by atoms with Crippen molar-refractivity contribution in [2.75, 3.05) is 23.4 Å². The Balaban J connectivity index is 3.21. The molecule has 20 heavy (non-hydrogen) atoms. The fourth-order valence-corrected chi connectivity index (χ4v) is 1.37. The zero-order chi connectivity index (χ0) is 15.6. The van der Waals surface area contributed by atoms with Crippen LogP contribution < -0.4 is 16.2 Å². The number of hydrazine groups is 1. The van der Waals surface area contributed by atoms with Gasteiger partial charge in [-0.1, -0.05) is 0 Å². The van der Waals surface area contributed by atoms with E-state index in [0.29, 0.717) is 4.90 Å². The van der Waals surface area contributed by atoms with Gasteiger partial charge in [0, 0.05) is 12.6 Å². The third-order valence-corrected chi connectivity index (χ3v) is 2.19. The molecule has 0 aromatic carbocycles. The van der Waals surface area contributed by atoms with Gasteiger partial charge < -0.3 is 10.3 Å². The number of alkyl halides is 6. The van der Waals surface area contributed by atoms with Crippen LogP contribution in [0.3, 0.4) is 0 Å². The lowest BCUT2D eigenvalue weighted by molar-refractivity contribution is -0.144. The van der Waals surface area contributed by atoms with Crippen LogP contribution in [0, 0.1) is 0 Å². The van der Waals surface area contributed by atoms with Gasteiger partial charge in [0.1, 0.15) is 18.2 Å². The van der Waals surface area contributed by atoms with Crippen molar-refractivity contribution in [2.24, 2.45) is 5.84 Å². The minimum Gasteiger partial charge on any atom is -0.348 e.